The van der Waals surface area contributed by atoms with Crippen molar-refractivity contribution in [3.8, 4) is 17.2 Å². The number of nitrogens with zero attached hydrogens (tertiary/aromatic N) is 2. The summed E-state index contributed by atoms with van der Waals surface area (Å²) in [5.41, 5.74) is 3.34. The van der Waals surface area contributed by atoms with Crippen LogP contribution in [0, 0.1) is 0 Å². The molecule has 0 spiro atoms. The molecule has 0 aliphatic heterocycles. The van der Waals surface area contributed by atoms with Gasteiger partial charge < -0.3 is 15.3 Å². The van der Waals surface area contributed by atoms with Crippen LogP contribution in [0.25, 0.3) is 0 Å². The maximum absolute atomic E-state index is 11.9. The number of hydrogen-bond donors (Lipinski definition) is 4. The second kappa shape index (κ2) is 5.91. The van der Waals surface area contributed by atoms with Crippen molar-refractivity contribution in [3.63, 3.8) is 0 Å². The number of phenolic OH excluding ortho intramolecular Hbond substituents is 3. The summed E-state index contributed by atoms with van der Waals surface area (Å²) in [7, 11) is 0. The Hall–Kier alpha value is -3.09. The zero-order valence-electron chi connectivity index (χ0n) is 11.1. The molecule has 0 aliphatic rings. The highest BCUT2D eigenvalue weighted by Gasteiger charge is 2.13. The molecular weight excluding hydrogens is 274 g/mol. The molecule has 1 aromatic carbocycles. The van der Waals surface area contributed by atoms with Crippen LogP contribution in [-0.4, -0.2) is 31.9 Å². The Labute approximate surface area is 120 Å². The van der Waals surface area contributed by atoms with Crippen molar-refractivity contribution < 1.29 is 20.1 Å². The van der Waals surface area contributed by atoms with Gasteiger partial charge in [0, 0.05) is 11.8 Å². The Kier molecular flexibility index (Phi) is 4.03. The molecule has 1 aromatic heterocycles. The molecule has 0 atom stereocenters. The summed E-state index contributed by atoms with van der Waals surface area (Å²) in [5.74, 6) is -2.51. The fourth-order valence-electron chi connectivity index (χ4n) is 1.57. The lowest BCUT2D eigenvalue weighted by molar-refractivity contribution is 0.0954. The van der Waals surface area contributed by atoms with E-state index in [1.807, 2.05) is 0 Å². The summed E-state index contributed by atoms with van der Waals surface area (Å²) in [5, 5.41) is 31.8. The molecule has 0 saturated heterocycles. The summed E-state index contributed by atoms with van der Waals surface area (Å²) in [4.78, 5) is 15.9. The van der Waals surface area contributed by atoms with Gasteiger partial charge in [-0.15, -0.1) is 0 Å². The molecule has 7 heteroatoms. The highest BCUT2D eigenvalue weighted by Crippen LogP contribution is 2.35. The number of carbonyl (C=O) groups excluding carboxylic acids is 1. The minimum Gasteiger partial charge on any atom is -0.504 e. The summed E-state index contributed by atoms with van der Waals surface area (Å²) < 4.78 is 0. The largest absolute Gasteiger partial charge is 0.504 e. The van der Waals surface area contributed by atoms with E-state index in [1.54, 1.807) is 31.3 Å². The van der Waals surface area contributed by atoms with Gasteiger partial charge >= 0.3 is 0 Å². The molecule has 0 fully saturated rings. The number of benzene rings is 1. The molecule has 21 heavy (non-hydrogen) atoms. The van der Waals surface area contributed by atoms with Crippen LogP contribution in [0.3, 0.4) is 0 Å². The molecule has 1 amide bonds. The van der Waals surface area contributed by atoms with E-state index in [0.29, 0.717) is 11.4 Å². The number of rotatable bonds is 3. The minimum atomic E-state index is -0.681. The predicted molar refractivity (Wildman–Crippen MR) is 75.4 cm³/mol. The van der Waals surface area contributed by atoms with Gasteiger partial charge in [-0.05, 0) is 31.2 Å². The van der Waals surface area contributed by atoms with E-state index >= 15 is 0 Å². The van der Waals surface area contributed by atoms with Crippen LogP contribution < -0.4 is 5.43 Å². The molecule has 2 aromatic rings. The first kappa shape index (κ1) is 14.3. The van der Waals surface area contributed by atoms with Gasteiger partial charge in [0.05, 0.1) is 11.4 Å². The molecule has 0 bridgehead atoms. The molecule has 0 radical (unpaired) electrons. The fourth-order valence-corrected chi connectivity index (χ4v) is 1.57. The third kappa shape index (κ3) is 3.27. The average Bonchev–Trinajstić information content (AvgIpc) is 2.50. The second-order valence-corrected chi connectivity index (χ2v) is 4.22. The van der Waals surface area contributed by atoms with Crippen LogP contribution in [-0.2, 0) is 0 Å². The standard InChI is InChI=1S/C14H13N3O4/c1-8(10-4-2-3-5-15-10)16-17-14(21)9-6-11(18)13(20)12(19)7-9/h2-7,18-20H,1H3,(H,17,21). The maximum atomic E-state index is 11.9. The Morgan fingerprint density at radius 1 is 1.19 bits per heavy atom. The van der Waals surface area contributed by atoms with Gasteiger partial charge in [-0.1, -0.05) is 6.07 Å². The summed E-state index contributed by atoms with van der Waals surface area (Å²) in [6, 6.07) is 7.34. The fraction of sp³-hybridized carbons (Fsp3) is 0.0714. The van der Waals surface area contributed by atoms with Crippen LogP contribution in [0.5, 0.6) is 17.2 Å². The van der Waals surface area contributed by atoms with Crippen LogP contribution >= 0.6 is 0 Å². The number of aromatic hydroxyl groups is 3. The molecular formula is C14H13N3O4. The van der Waals surface area contributed by atoms with E-state index in [1.165, 1.54) is 0 Å². The topological polar surface area (TPSA) is 115 Å². The predicted octanol–water partition coefficient (Wildman–Crippen LogP) is 1.35. The second-order valence-electron chi connectivity index (χ2n) is 4.22. The van der Waals surface area contributed by atoms with Crippen LogP contribution in [0.15, 0.2) is 41.6 Å². The number of phenols is 3. The Morgan fingerprint density at radius 2 is 1.86 bits per heavy atom. The minimum absolute atomic E-state index is 0.0413. The number of amides is 1. The normalized spacial score (nSPS) is 11.2. The third-order valence-corrected chi connectivity index (χ3v) is 2.69. The highest BCUT2D eigenvalue weighted by molar-refractivity contribution is 6.00. The van der Waals surface area contributed by atoms with E-state index in [2.05, 4.69) is 15.5 Å². The molecule has 0 unspecified atom stereocenters. The van der Waals surface area contributed by atoms with Crippen LogP contribution in [0.2, 0.25) is 0 Å². The quantitative estimate of drug-likeness (QED) is 0.386. The molecule has 0 aliphatic carbocycles. The number of hydrogen-bond acceptors (Lipinski definition) is 6. The van der Waals surface area contributed by atoms with E-state index < -0.39 is 23.2 Å². The number of carbonyl (C=O) groups is 1. The first-order valence-corrected chi connectivity index (χ1v) is 6.00. The van der Waals surface area contributed by atoms with E-state index in [-0.39, 0.29) is 5.56 Å². The maximum Gasteiger partial charge on any atom is 0.271 e. The third-order valence-electron chi connectivity index (χ3n) is 2.69. The van der Waals surface area contributed by atoms with Gasteiger partial charge in [0.1, 0.15) is 0 Å². The van der Waals surface area contributed by atoms with E-state index in [4.69, 9.17) is 0 Å². The Bertz CT molecular complexity index is 676. The number of pyridine rings is 1. The lowest BCUT2D eigenvalue weighted by Crippen LogP contribution is -2.19. The molecule has 1 heterocycles. The first-order chi connectivity index (χ1) is 9.99. The van der Waals surface area contributed by atoms with Crippen molar-refractivity contribution in [2.24, 2.45) is 5.10 Å². The molecule has 108 valence electrons. The molecule has 0 saturated carbocycles. The number of aromatic nitrogens is 1. The van der Waals surface area contributed by atoms with Gasteiger partial charge in [0.2, 0.25) is 0 Å². The van der Waals surface area contributed by atoms with Gasteiger partial charge in [0.25, 0.3) is 5.91 Å². The van der Waals surface area contributed by atoms with Crippen LogP contribution in [0.1, 0.15) is 23.0 Å². The zero-order valence-corrected chi connectivity index (χ0v) is 11.1. The summed E-state index contributed by atoms with van der Waals surface area (Å²) in [6.45, 7) is 1.67. The monoisotopic (exact) mass is 287 g/mol. The molecule has 4 N–H and O–H groups in total. The number of nitrogens with one attached hydrogen (secondary N) is 1. The van der Waals surface area contributed by atoms with Crippen LogP contribution in [0.4, 0.5) is 0 Å². The first-order valence-electron chi connectivity index (χ1n) is 6.00. The lowest BCUT2D eigenvalue weighted by atomic mass is 10.2. The van der Waals surface area contributed by atoms with E-state index in [0.717, 1.165) is 12.1 Å². The van der Waals surface area contributed by atoms with Crippen molar-refractivity contribution in [2.75, 3.05) is 0 Å². The lowest BCUT2D eigenvalue weighted by Gasteiger charge is -2.05. The zero-order chi connectivity index (χ0) is 15.4. The van der Waals surface area contributed by atoms with Crippen molar-refractivity contribution >= 4 is 11.6 Å². The van der Waals surface area contributed by atoms with E-state index in [9.17, 15) is 20.1 Å². The highest BCUT2D eigenvalue weighted by atomic mass is 16.3. The SMILES string of the molecule is CC(=NNC(=O)c1cc(O)c(O)c(O)c1)c1ccccn1. The Morgan fingerprint density at radius 3 is 2.43 bits per heavy atom. The van der Waals surface area contributed by atoms with Gasteiger partial charge in [-0.2, -0.15) is 5.10 Å². The van der Waals surface area contributed by atoms with Crippen molar-refractivity contribution in [1.82, 2.24) is 10.4 Å². The average molecular weight is 287 g/mol. The summed E-state index contributed by atoms with van der Waals surface area (Å²) >= 11 is 0. The van der Waals surface area contributed by atoms with Crippen molar-refractivity contribution in [1.29, 1.82) is 0 Å². The Balaban J connectivity index is 2.15. The number of hydrazone groups is 1. The van der Waals surface area contributed by atoms with Crippen molar-refractivity contribution in [2.45, 2.75) is 6.92 Å². The molecule has 2 rings (SSSR count). The van der Waals surface area contributed by atoms with Gasteiger partial charge in [-0.3, -0.25) is 9.78 Å². The van der Waals surface area contributed by atoms with Gasteiger partial charge in [0.15, 0.2) is 17.2 Å². The smallest absolute Gasteiger partial charge is 0.271 e. The van der Waals surface area contributed by atoms with Gasteiger partial charge in [-0.25, -0.2) is 5.43 Å². The molecule has 7 nitrogen and oxygen atoms in total. The summed E-state index contributed by atoms with van der Waals surface area (Å²) in [6.07, 6.45) is 1.60. The van der Waals surface area contributed by atoms with Crippen molar-refractivity contribution in [3.05, 3.63) is 47.8 Å².